The van der Waals surface area contributed by atoms with Gasteiger partial charge in [0, 0.05) is 6.20 Å². The topological polar surface area (TPSA) is 30.7 Å². The summed E-state index contributed by atoms with van der Waals surface area (Å²) in [5.41, 5.74) is 3.31. The van der Waals surface area contributed by atoms with Crippen LogP contribution in [-0.2, 0) is 0 Å². The first kappa shape index (κ1) is 15.5. The second kappa shape index (κ2) is 6.13. The van der Waals surface area contributed by atoms with E-state index in [-0.39, 0.29) is 5.82 Å². The van der Waals surface area contributed by atoms with E-state index in [9.17, 15) is 4.39 Å². The number of halogens is 1. The summed E-state index contributed by atoms with van der Waals surface area (Å²) in [6.45, 7) is 4.25. The van der Waals surface area contributed by atoms with Gasteiger partial charge in [-0.25, -0.2) is 14.4 Å². The van der Waals surface area contributed by atoms with Crippen molar-refractivity contribution in [3.8, 4) is 17.2 Å². The SMILES string of the molecule is CC(C)c1cccnc1-n1c(-c2ccccc2F)nc2ccccc21. The quantitative estimate of drug-likeness (QED) is 0.506. The Morgan fingerprint density at radius 3 is 2.48 bits per heavy atom. The van der Waals surface area contributed by atoms with E-state index >= 15 is 0 Å². The molecule has 0 bridgehead atoms. The molecule has 0 amide bonds. The molecule has 4 aromatic rings. The lowest BCUT2D eigenvalue weighted by Gasteiger charge is -2.15. The lowest BCUT2D eigenvalue weighted by atomic mass is 10.0. The van der Waals surface area contributed by atoms with Crippen molar-refractivity contribution in [1.29, 1.82) is 0 Å². The molecule has 0 radical (unpaired) electrons. The van der Waals surface area contributed by atoms with Gasteiger partial charge in [0.05, 0.1) is 16.6 Å². The molecule has 25 heavy (non-hydrogen) atoms. The molecule has 4 rings (SSSR count). The van der Waals surface area contributed by atoms with Crippen LogP contribution in [0.15, 0.2) is 66.9 Å². The summed E-state index contributed by atoms with van der Waals surface area (Å²) in [5.74, 6) is 1.36. The molecular weight excluding hydrogens is 313 g/mol. The van der Waals surface area contributed by atoms with Crippen LogP contribution >= 0.6 is 0 Å². The van der Waals surface area contributed by atoms with Gasteiger partial charge >= 0.3 is 0 Å². The van der Waals surface area contributed by atoms with Crippen molar-refractivity contribution in [2.45, 2.75) is 19.8 Å². The molecule has 0 saturated heterocycles. The van der Waals surface area contributed by atoms with E-state index in [1.54, 1.807) is 18.3 Å². The molecule has 0 saturated carbocycles. The van der Waals surface area contributed by atoms with Crippen molar-refractivity contribution in [3.63, 3.8) is 0 Å². The smallest absolute Gasteiger partial charge is 0.149 e. The van der Waals surface area contributed by atoms with Crippen LogP contribution in [0.1, 0.15) is 25.3 Å². The van der Waals surface area contributed by atoms with Crippen molar-refractivity contribution in [3.05, 3.63) is 78.2 Å². The molecule has 0 fully saturated rings. The Labute approximate surface area is 145 Å². The van der Waals surface area contributed by atoms with Crippen molar-refractivity contribution < 1.29 is 4.39 Å². The summed E-state index contributed by atoms with van der Waals surface area (Å²) in [6.07, 6.45) is 1.76. The van der Waals surface area contributed by atoms with Crippen LogP contribution in [0.25, 0.3) is 28.2 Å². The highest BCUT2D eigenvalue weighted by atomic mass is 19.1. The molecular formula is C21H18FN3. The summed E-state index contributed by atoms with van der Waals surface area (Å²) in [5, 5.41) is 0. The largest absolute Gasteiger partial charge is 0.276 e. The third kappa shape index (κ3) is 2.60. The zero-order valence-corrected chi connectivity index (χ0v) is 14.1. The van der Waals surface area contributed by atoms with Gasteiger partial charge in [-0.2, -0.15) is 0 Å². The number of benzene rings is 2. The highest BCUT2D eigenvalue weighted by molar-refractivity contribution is 5.83. The van der Waals surface area contributed by atoms with E-state index in [1.807, 2.05) is 41.0 Å². The summed E-state index contributed by atoms with van der Waals surface area (Å²) < 4.78 is 16.4. The number of hydrogen-bond acceptors (Lipinski definition) is 2. The van der Waals surface area contributed by atoms with Gasteiger partial charge in [-0.1, -0.05) is 44.2 Å². The van der Waals surface area contributed by atoms with Crippen molar-refractivity contribution >= 4 is 11.0 Å². The Bertz CT molecular complexity index is 1050. The first-order valence-corrected chi connectivity index (χ1v) is 8.34. The minimum absolute atomic E-state index is 0.290. The molecule has 124 valence electrons. The van der Waals surface area contributed by atoms with Gasteiger partial charge in [0.15, 0.2) is 0 Å². The predicted octanol–water partition coefficient (Wildman–Crippen LogP) is 5.35. The van der Waals surface area contributed by atoms with Crippen LogP contribution < -0.4 is 0 Å². The van der Waals surface area contributed by atoms with E-state index in [0.717, 1.165) is 22.4 Å². The Balaban J connectivity index is 2.10. The third-order valence-electron chi connectivity index (χ3n) is 4.33. The van der Waals surface area contributed by atoms with E-state index < -0.39 is 0 Å². The van der Waals surface area contributed by atoms with Gasteiger partial charge in [0.1, 0.15) is 17.5 Å². The number of imidazole rings is 1. The number of pyridine rings is 1. The molecule has 2 heterocycles. The van der Waals surface area contributed by atoms with Crippen molar-refractivity contribution in [1.82, 2.24) is 14.5 Å². The van der Waals surface area contributed by atoms with Crippen LogP contribution in [0, 0.1) is 5.82 Å². The van der Waals surface area contributed by atoms with Crippen LogP contribution in [0.3, 0.4) is 0 Å². The van der Waals surface area contributed by atoms with Crippen LogP contribution in [-0.4, -0.2) is 14.5 Å². The van der Waals surface area contributed by atoms with E-state index in [2.05, 4.69) is 24.9 Å². The highest BCUT2D eigenvalue weighted by Gasteiger charge is 2.20. The Hall–Kier alpha value is -3.01. The fraction of sp³-hybridized carbons (Fsp3) is 0.143. The Morgan fingerprint density at radius 2 is 1.68 bits per heavy atom. The van der Waals surface area contributed by atoms with E-state index in [0.29, 0.717) is 17.3 Å². The minimum Gasteiger partial charge on any atom is -0.276 e. The second-order valence-corrected chi connectivity index (χ2v) is 6.31. The molecule has 0 aliphatic heterocycles. The summed E-state index contributed by atoms with van der Waals surface area (Å²) in [6, 6.07) is 18.5. The predicted molar refractivity (Wildman–Crippen MR) is 98.3 cm³/mol. The molecule has 0 aliphatic carbocycles. The number of para-hydroxylation sites is 2. The molecule has 2 aromatic heterocycles. The first-order valence-electron chi connectivity index (χ1n) is 8.34. The standard InChI is InChI=1S/C21H18FN3/c1-14(2)15-9-7-13-23-20(15)25-19-12-6-5-11-18(19)24-21(25)16-8-3-4-10-17(16)22/h3-14H,1-2H3. The van der Waals surface area contributed by atoms with Crippen LogP contribution in [0.5, 0.6) is 0 Å². The minimum atomic E-state index is -0.291. The zero-order chi connectivity index (χ0) is 17.4. The Morgan fingerprint density at radius 1 is 0.920 bits per heavy atom. The van der Waals surface area contributed by atoms with Gasteiger partial charge < -0.3 is 0 Å². The fourth-order valence-corrected chi connectivity index (χ4v) is 3.11. The van der Waals surface area contributed by atoms with E-state index in [1.165, 1.54) is 6.07 Å². The van der Waals surface area contributed by atoms with Crippen LogP contribution in [0.2, 0.25) is 0 Å². The van der Waals surface area contributed by atoms with Crippen molar-refractivity contribution in [2.75, 3.05) is 0 Å². The molecule has 3 nitrogen and oxygen atoms in total. The fourth-order valence-electron chi connectivity index (χ4n) is 3.11. The average molecular weight is 331 g/mol. The zero-order valence-electron chi connectivity index (χ0n) is 14.1. The Kier molecular flexibility index (Phi) is 3.80. The van der Waals surface area contributed by atoms with Gasteiger partial charge in [-0.05, 0) is 41.8 Å². The second-order valence-electron chi connectivity index (χ2n) is 6.31. The molecule has 0 aliphatic rings. The van der Waals surface area contributed by atoms with Gasteiger partial charge in [0.2, 0.25) is 0 Å². The monoisotopic (exact) mass is 331 g/mol. The molecule has 2 aromatic carbocycles. The highest BCUT2D eigenvalue weighted by Crippen LogP contribution is 2.32. The number of aromatic nitrogens is 3. The van der Waals surface area contributed by atoms with Gasteiger partial charge in [-0.15, -0.1) is 0 Å². The lowest BCUT2D eigenvalue weighted by molar-refractivity contribution is 0.629. The average Bonchev–Trinajstić information content (AvgIpc) is 3.01. The maximum atomic E-state index is 14.5. The van der Waals surface area contributed by atoms with Crippen molar-refractivity contribution in [2.24, 2.45) is 0 Å². The van der Waals surface area contributed by atoms with E-state index in [4.69, 9.17) is 4.98 Å². The number of hydrogen-bond donors (Lipinski definition) is 0. The summed E-state index contributed by atoms with van der Waals surface area (Å²) in [7, 11) is 0. The van der Waals surface area contributed by atoms with Gasteiger partial charge in [-0.3, -0.25) is 4.57 Å². The normalized spacial score (nSPS) is 11.4. The number of fused-ring (bicyclic) bond motifs is 1. The molecule has 0 N–H and O–H groups in total. The summed E-state index contributed by atoms with van der Waals surface area (Å²) >= 11 is 0. The van der Waals surface area contributed by atoms with Gasteiger partial charge in [0.25, 0.3) is 0 Å². The third-order valence-corrected chi connectivity index (χ3v) is 4.33. The molecule has 0 unspecified atom stereocenters. The summed E-state index contributed by atoms with van der Waals surface area (Å²) in [4.78, 5) is 9.31. The maximum absolute atomic E-state index is 14.5. The molecule has 0 atom stereocenters. The number of nitrogens with zero attached hydrogens (tertiary/aromatic N) is 3. The molecule has 4 heteroatoms. The van der Waals surface area contributed by atoms with Crippen LogP contribution in [0.4, 0.5) is 4.39 Å². The maximum Gasteiger partial charge on any atom is 0.149 e. The first-order chi connectivity index (χ1) is 12.2. The number of rotatable bonds is 3. The lowest BCUT2D eigenvalue weighted by Crippen LogP contribution is -2.06. The molecule has 0 spiro atoms.